The summed E-state index contributed by atoms with van der Waals surface area (Å²) in [6, 6.07) is 0. The van der Waals surface area contributed by atoms with Crippen LogP contribution in [0.15, 0.2) is 6.20 Å². The van der Waals surface area contributed by atoms with Gasteiger partial charge in [-0.05, 0) is 39.3 Å². The van der Waals surface area contributed by atoms with Crippen LogP contribution in [0.3, 0.4) is 0 Å². The van der Waals surface area contributed by atoms with Crippen molar-refractivity contribution in [3.05, 3.63) is 11.9 Å². The van der Waals surface area contributed by atoms with E-state index in [1.54, 1.807) is 0 Å². The molecule has 0 aromatic carbocycles. The minimum Gasteiger partial charge on any atom is -0.317 e. The number of aromatic nitrogens is 3. The normalized spacial score (nSPS) is 9.75. The molecule has 0 radical (unpaired) electrons. The largest absolute Gasteiger partial charge is 0.317 e. The highest BCUT2D eigenvalue weighted by atomic mass is 15.4. The van der Waals surface area contributed by atoms with Crippen molar-refractivity contribution in [2.75, 3.05) is 13.1 Å². The van der Waals surface area contributed by atoms with Gasteiger partial charge in [0, 0.05) is 14.2 Å². The van der Waals surface area contributed by atoms with E-state index >= 15 is 0 Å². The van der Waals surface area contributed by atoms with Crippen LogP contribution in [0.4, 0.5) is 0 Å². The van der Waals surface area contributed by atoms with Gasteiger partial charge in [-0.25, -0.2) is 0 Å². The first-order valence-electron chi connectivity index (χ1n) is 6.46. The number of aryl methyl sites for hydroxylation is 2. The summed E-state index contributed by atoms with van der Waals surface area (Å²) in [7, 11) is 0. The van der Waals surface area contributed by atoms with Gasteiger partial charge < -0.3 is 5.32 Å². The minimum absolute atomic E-state index is 0. The van der Waals surface area contributed by atoms with E-state index < -0.39 is 0 Å². The fourth-order valence-corrected chi connectivity index (χ4v) is 1.30. The summed E-state index contributed by atoms with van der Waals surface area (Å²) in [4.78, 5) is 0. The Morgan fingerprint density at radius 2 is 2.06 bits per heavy atom. The Kier molecular flexibility index (Phi) is 10.0. The fourth-order valence-electron chi connectivity index (χ4n) is 1.30. The van der Waals surface area contributed by atoms with Crippen molar-refractivity contribution in [1.29, 1.82) is 0 Å². The standard InChI is InChI=1S/C10H20N4.C2H6.H2/c1-3-7-11-8-5-6-10-9-14(4-2)13-12-10;1-2;/h9,11H,3-8H2,1-2H3;1-2H3;1H. The summed E-state index contributed by atoms with van der Waals surface area (Å²) >= 11 is 0. The van der Waals surface area contributed by atoms with Gasteiger partial charge in [-0.1, -0.05) is 26.0 Å². The first kappa shape index (κ1) is 15.1. The Balaban J connectivity index is 0. The molecule has 0 spiro atoms. The predicted molar refractivity (Wildman–Crippen MR) is 70.6 cm³/mol. The van der Waals surface area contributed by atoms with Gasteiger partial charge in [-0.2, -0.15) is 0 Å². The Bertz CT molecular complexity index is 250. The topological polar surface area (TPSA) is 42.7 Å². The Morgan fingerprint density at radius 1 is 1.31 bits per heavy atom. The third kappa shape index (κ3) is 6.56. The van der Waals surface area contributed by atoms with Crippen molar-refractivity contribution in [3.8, 4) is 0 Å². The number of rotatable bonds is 7. The molecule has 16 heavy (non-hydrogen) atoms. The summed E-state index contributed by atoms with van der Waals surface area (Å²) in [5.41, 5.74) is 1.10. The molecule has 0 saturated carbocycles. The predicted octanol–water partition coefficient (Wildman–Crippen LogP) is 2.50. The fraction of sp³-hybridized carbons (Fsp3) is 0.833. The van der Waals surface area contributed by atoms with Crippen molar-refractivity contribution in [2.24, 2.45) is 0 Å². The second-order valence-corrected chi connectivity index (χ2v) is 3.42. The molecule has 0 saturated heterocycles. The summed E-state index contributed by atoms with van der Waals surface area (Å²) in [5, 5.41) is 11.5. The molecule has 96 valence electrons. The van der Waals surface area contributed by atoms with Crippen LogP contribution in [0.2, 0.25) is 0 Å². The maximum Gasteiger partial charge on any atom is 0.0827 e. The lowest BCUT2D eigenvalue weighted by atomic mass is 10.2. The molecule has 1 rings (SSSR count). The van der Waals surface area contributed by atoms with E-state index in [1.165, 1.54) is 6.42 Å². The highest BCUT2D eigenvalue weighted by Gasteiger charge is 1.98. The number of nitrogens with zero attached hydrogens (tertiary/aromatic N) is 3. The molecule has 1 aromatic rings. The van der Waals surface area contributed by atoms with E-state index in [0.717, 1.165) is 38.2 Å². The SMILES string of the molecule is CC.CCCNCCCc1cn(CC)nn1.[HH]. The minimum atomic E-state index is 0. The lowest BCUT2D eigenvalue weighted by Gasteiger charge is -2.00. The number of hydrogen-bond donors (Lipinski definition) is 1. The second kappa shape index (κ2) is 10.6. The Hall–Kier alpha value is -0.900. The zero-order valence-corrected chi connectivity index (χ0v) is 11.2. The molecule has 0 amide bonds. The highest BCUT2D eigenvalue weighted by molar-refractivity contribution is 4.92. The maximum atomic E-state index is 4.09. The Morgan fingerprint density at radius 3 is 2.62 bits per heavy atom. The van der Waals surface area contributed by atoms with E-state index in [-0.39, 0.29) is 1.43 Å². The van der Waals surface area contributed by atoms with Crippen LogP contribution in [-0.2, 0) is 13.0 Å². The first-order valence-corrected chi connectivity index (χ1v) is 6.46. The average molecular weight is 228 g/mol. The van der Waals surface area contributed by atoms with E-state index in [0.29, 0.717) is 0 Å². The third-order valence-corrected chi connectivity index (χ3v) is 2.12. The third-order valence-electron chi connectivity index (χ3n) is 2.12. The van der Waals surface area contributed by atoms with Crippen LogP contribution >= 0.6 is 0 Å². The molecule has 0 bridgehead atoms. The molecule has 0 fully saturated rings. The molecule has 0 aliphatic carbocycles. The molecule has 0 atom stereocenters. The van der Waals surface area contributed by atoms with Crippen molar-refractivity contribution < 1.29 is 1.43 Å². The lowest BCUT2D eigenvalue weighted by molar-refractivity contribution is 0.624. The van der Waals surface area contributed by atoms with Gasteiger partial charge in [0.25, 0.3) is 0 Å². The van der Waals surface area contributed by atoms with Crippen molar-refractivity contribution >= 4 is 0 Å². The van der Waals surface area contributed by atoms with Crippen LogP contribution in [-0.4, -0.2) is 28.1 Å². The van der Waals surface area contributed by atoms with Crippen LogP contribution in [0.25, 0.3) is 0 Å². The van der Waals surface area contributed by atoms with Gasteiger partial charge in [0.15, 0.2) is 0 Å². The molecule has 1 N–H and O–H groups in total. The Labute approximate surface area is 101 Å². The zero-order valence-electron chi connectivity index (χ0n) is 11.2. The highest BCUT2D eigenvalue weighted by Crippen LogP contribution is 1.97. The van der Waals surface area contributed by atoms with Gasteiger partial charge in [-0.15, -0.1) is 5.10 Å². The molecule has 1 aromatic heterocycles. The molecule has 4 nitrogen and oxygen atoms in total. The molecule has 0 aliphatic rings. The lowest BCUT2D eigenvalue weighted by Crippen LogP contribution is -2.16. The van der Waals surface area contributed by atoms with E-state index in [9.17, 15) is 0 Å². The maximum absolute atomic E-state index is 4.09. The van der Waals surface area contributed by atoms with Crippen LogP contribution < -0.4 is 5.32 Å². The van der Waals surface area contributed by atoms with Crippen LogP contribution in [0, 0.1) is 0 Å². The van der Waals surface area contributed by atoms with Crippen molar-refractivity contribution in [3.63, 3.8) is 0 Å². The quantitative estimate of drug-likeness (QED) is 0.729. The van der Waals surface area contributed by atoms with Gasteiger partial charge in [0.2, 0.25) is 0 Å². The molecule has 1 heterocycles. The summed E-state index contributed by atoms with van der Waals surface area (Å²) < 4.78 is 1.87. The summed E-state index contributed by atoms with van der Waals surface area (Å²) in [5.74, 6) is 0. The second-order valence-electron chi connectivity index (χ2n) is 3.42. The number of nitrogens with one attached hydrogen (secondary N) is 1. The average Bonchev–Trinajstić information content (AvgIpc) is 2.79. The molecule has 0 aliphatic heterocycles. The molecule has 0 unspecified atom stereocenters. The van der Waals surface area contributed by atoms with Crippen molar-refractivity contribution in [1.82, 2.24) is 20.3 Å². The van der Waals surface area contributed by atoms with Gasteiger partial charge in [0.05, 0.1) is 5.69 Å². The molecular formula is C12H28N4. The zero-order chi connectivity index (χ0) is 12.2. The number of hydrogen-bond acceptors (Lipinski definition) is 3. The summed E-state index contributed by atoms with van der Waals surface area (Å²) in [6.07, 6.45) is 5.39. The van der Waals surface area contributed by atoms with E-state index in [2.05, 4.69) is 29.5 Å². The van der Waals surface area contributed by atoms with E-state index in [1.807, 2.05) is 24.7 Å². The van der Waals surface area contributed by atoms with Gasteiger partial charge >= 0.3 is 0 Å². The first-order chi connectivity index (χ1) is 7.86. The molecular weight excluding hydrogens is 200 g/mol. The van der Waals surface area contributed by atoms with E-state index in [4.69, 9.17) is 0 Å². The van der Waals surface area contributed by atoms with Gasteiger partial charge in [0.1, 0.15) is 0 Å². The summed E-state index contributed by atoms with van der Waals surface area (Å²) in [6.45, 7) is 11.3. The van der Waals surface area contributed by atoms with Crippen molar-refractivity contribution in [2.45, 2.75) is 53.5 Å². The molecule has 4 heteroatoms. The van der Waals surface area contributed by atoms with Crippen LogP contribution in [0.5, 0.6) is 0 Å². The van der Waals surface area contributed by atoms with Crippen LogP contribution in [0.1, 0.15) is 47.7 Å². The van der Waals surface area contributed by atoms with Gasteiger partial charge in [-0.3, -0.25) is 4.68 Å². The smallest absolute Gasteiger partial charge is 0.0827 e. The monoisotopic (exact) mass is 228 g/mol.